The first kappa shape index (κ1) is 18.6. The molecule has 132 valence electrons. The molecule has 2 N–H and O–H groups in total. The fraction of sp³-hybridized carbons (Fsp3) is 0.176. The molecule has 0 heterocycles. The summed E-state index contributed by atoms with van der Waals surface area (Å²) in [6.07, 6.45) is 0. The normalized spacial score (nSPS) is 10.1. The van der Waals surface area contributed by atoms with E-state index in [4.69, 9.17) is 14.2 Å². The maximum atomic E-state index is 12.6. The molecule has 7 nitrogen and oxygen atoms in total. The van der Waals surface area contributed by atoms with Gasteiger partial charge in [0.25, 0.3) is 5.91 Å². The molecule has 0 bridgehead atoms. The minimum atomic E-state index is -1.21. The minimum Gasteiger partial charge on any atom is -0.496 e. The number of carbonyl (C=O) groups excluding carboxylic acids is 1. The van der Waals surface area contributed by atoms with Gasteiger partial charge in [-0.25, -0.2) is 4.79 Å². The molecule has 0 saturated heterocycles. The van der Waals surface area contributed by atoms with Crippen LogP contribution in [0.3, 0.4) is 0 Å². The Balaban J connectivity index is 2.47. The molecule has 0 spiro atoms. The summed E-state index contributed by atoms with van der Waals surface area (Å²) in [5.41, 5.74) is 0.208. The molecule has 2 aromatic rings. The predicted octanol–water partition coefficient (Wildman–Crippen LogP) is 3.43. The molecule has 1 amide bonds. The van der Waals surface area contributed by atoms with Gasteiger partial charge in [0.1, 0.15) is 5.75 Å². The summed E-state index contributed by atoms with van der Waals surface area (Å²) < 4.78 is 16.1. The highest BCUT2D eigenvalue weighted by atomic mass is 79.9. The lowest BCUT2D eigenvalue weighted by molar-refractivity contribution is 0.0697. The van der Waals surface area contributed by atoms with Gasteiger partial charge in [0, 0.05) is 16.6 Å². The molecule has 0 radical (unpaired) electrons. The maximum absolute atomic E-state index is 12.6. The maximum Gasteiger partial charge on any atom is 0.337 e. The lowest BCUT2D eigenvalue weighted by atomic mass is 10.1. The third-order valence-electron chi connectivity index (χ3n) is 3.41. The Kier molecular flexibility index (Phi) is 5.87. The van der Waals surface area contributed by atoms with E-state index in [-0.39, 0.29) is 22.6 Å². The fourth-order valence-corrected chi connectivity index (χ4v) is 2.57. The molecule has 0 unspecified atom stereocenters. The van der Waals surface area contributed by atoms with E-state index in [0.717, 1.165) is 0 Å². The number of amides is 1. The topological polar surface area (TPSA) is 94.1 Å². The van der Waals surface area contributed by atoms with Crippen molar-refractivity contribution in [2.45, 2.75) is 0 Å². The largest absolute Gasteiger partial charge is 0.496 e. The van der Waals surface area contributed by atoms with Crippen molar-refractivity contribution in [2.24, 2.45) is 0 Å². The molecule has 0 aliphatic carbocycles. The molecule has 0 aliphatic rings. The standard InChI is InChI=1S/C17H16BrNO6/c1-23-13-5-4-9(18)6-11(13)16(20)19-12-8-15(25-3)14(24-2)7-10(12)17(21)22/h4-8H,1-3H3,(H,19,20)(H,21,22). The molecule has 8 heteroatoms. The molecule has 0 aliphatic heterocycles. The van der Waals surface area contributed by atoms with E-state index in [1.807, 2.05) is 0 Å². The van der Waals surface area contributed by atoms with Crippen molar-refractivity contribution in [3.05, 3.63) is 45.9 Å². The van der Waals surface area contributed by atoms with Gasteiger partial charge in [0.2, 0.25) is 0 Å². The number of methoxy groups -OCH3 is 3. The van der Waals surface area contributed by atoms with Crippen molar-refractivity contribution in [2.75, 3.05) is 26.6 Å². The lowest BCUT2D eigenvalue weighted by Gasteiger charge is -2.14. The Morgan fingerprint density at radius 1 is 0.920 bits per heavy atom. The van der Waals surface area contributed by atoms with Gasteiger partial charge in [-0.15, -0.1) is 0 Å². The molecular formula is C17H16BrNO6. The lowest BCUT2D eigenvalue weighted by Crippen LogP contribution is -2.16. The summed E-state index contributed by atoms with van der Waals surface area (Å²) in [6.45, 7) is 0. The van der Waals surface area contributed by atoms with Gasteiger partial charge >= 0.3 is 5.97 Å². The van der Waals surface area contributed by atoms with E-state index in [1.54, 1.807) is 18.2 Å². The average molecular weight is 410 g/mol. The van der Waals surface area contributed by atoms with Crippen LogP contribution in [0.4, 0.5) is 5.69 Å². The second-order valence-corrected chi connectivity index (χ2v) is 5.77. The van der Waals surface area contributed by atoms with E-state index in [9.17, 15) is 14.7 Å². The first-order valence-corrected chi connectivity index (χ1v) is 7.84. The van der Waals surface area contributed by atoms with Gasteiger partial charge in [-0.2, -0.15) is 0 Å². The number of anilines is 1. The Morgan fingerprint density at radius 2 is 1.52 bits per heavy atom. The summed E-state index contributed by atoms with van der Waals surface area (Å²) in [6, 6.07) is 7.62. The SMILES string of the molecule is COc1cc(NC(=O)c2cc(Br)ccc2OC)c(C(=O)O)cc1OC. The Hall–Kier alpha value is -2.74. The monoisotopic (exact) mass is 409 g/mol. The summed E-state index contributed by atoms with van der Waals surface area (Å²) in [5.74, 6) is -0.828. The van der Waals surface area contributed by atoms with Gasteiger partial charge in [-0.05, 0) is 18.2 Å². The van der Waals surface area contributed by atoms with Crippen LogP contribution >= 0.6 is 15.9 Å². The number of nitrogens with one attached hydrogen (secondary N) is 1. The number of aromatic carboxylic acids is 1. The zero-order chi connectivity index (χ0) is 18.6. The highest BCUT2D eigenvalue weighted by molar-refractivity contribution is 9.10. The van der Waals surface area contributed by atoms with Crippen LogP contribution in [-0.2, 0) is 0 Å². The Bertz CT molecular complexity index is 821. The van der Waals surface area contributed by atoms with Crippen LogP contribution in [0.15, 0.2) is 34.8 Å². The van der Waals surface area contributed by atoms with Gasteiger partial charge in [0.15, 0.2) is 11.5 Å². The van der Waals surface area contributed by atoms with E-state index in [1.165, 1.54) is 33.5 Å². The zero-order valence-corrected chi connectivity index (χ0v) is 15.3. The number of ether oxygens (including phenoxy) is 3. The molecule has 2 aromatic carbocycles. The number of rotatable bonds is 6. The van der Waals surface area contributed by atoms with Crippen LogP contribution in [0.2, 0.25) is 0 Å². The van der Waals surface area contributed by atoms with Crippen molar-refractivity contribution in [3.8, 4) is 17.2 Å². The third kappa shape index (κ3) is 4.03. The molecule has 25 heavy (non-hydrogen) atoms. The summed E-state index contributed by atoms with van der Waals surface area (Å²) >= 11 is 3.29. The fourth-order valence-electron chi connectivity index (χ4n) is 2.21. The van der Waals surface area contributed by atoms with Crippen molar-refractivity contribution < 1.29 is 28.9 Å². The van der Waals surface area contributed by atoms with Crippen LogP contribution in [-0.4, -0.2) is 38.3 Å². The van der Waals surface area contributed by atoms with E-state index in [0.29, 0.717) is 16.0 Å². The summed E-state index contributed by atoms with van der Waals surface area (Å²) in [4.78, 5) is 24.1. The Labute approximate surface area is 152 Å². The van der Waals surface area contributed by atoms with Crippen LogP contribution < -0.4 is 19.5 Å². The number of carboxylic acids is 1. The van der Waals surface area contributed by atoms with Crippen molar-refractivity contribution in [3.63, 3.8) is 0 Å². The summed E-state index contributed by atoms with van der Waals surface area (Å²) in [7, 11) is 4.26. The zero-order valence-electron chi connectivity index (χ0n) is 13.8. The quantitative estimate of drug-likeness (QED) is 0.758. The van der Waals surface area contributed by atoms with Crippen molar-refractivity contribution in [1.82, 2.24) is 0 Å². The second kappa shape index (κ2) is 7.89. The van der Waals surface area contributed by atoms with Crippen molar-refractivity contribution >= 4 is 33.5 Å². The van der Waals surface area contributed by atoms with E-state index >= 15 is 0 Å². The van der Waals surface area contributed by atoms with Gasteiger partial charge in [-0.3, -0.25) is 4.79 Å². The highest BCUT2D eigenvalue weighted by Gasteiger charge is 2.20. The Morgan fingerprint density at radius 3 is 2.08 bits per heavy atom. The van der Waals surface area contributed by atoms with Crippen LogP contribution in [0.1, 0.15) is 20.7 Å². The number of carboxylic acid groups (broad SMARTS) is 1. The number of benzene rings is 2. The van der Waals surface area contributed by atoms with E-state index in [2.05, 4.69) is 21.2 Å². The molecule has 2 rings (SSSR count). The number of halogens is 1. The van der Waals surface area contributed by atoms with Gasteiger partial charge < -0.3 is 24.6 Å². The first-order chi connectivity index (χ1) is 11.9. The van der Waals surface area contributed by atoms with Crippen LogP contribution in [0.25, 0.3) is 0 Å². The van der Waals surface area contributed by atoms with Gasteiger partial charge in [0.05, 0.1) is 38.1 Å². The molecule has 0 fully saturated rings. The van der Waals surface area contributed by atoms with Crippen LogP contribution in [0, 0.1) is 0 Å². The minimum absolute atomic E-state index is 0.0807. The second-order valence-electron chi connectivity index (χ2n) is 4.86. The van der Waals surface area contributed by atoms with Crippen LogP contribution in [0.5, 0.6) is 17.2 Å². The number of hydrogen-bond donors (Lipinski definition) is 2. The number of carbonyl (C=O) groups is 2. The molecular weight excluding hydrogens is 394 g/mol. The molecule has 0 atom stereocenters. The molecule has 0 saturated carbocycles. The van der Waals surface area contributed by atoms with Gasteiger partial charge in [-0.1, -0.05) is 15.9 Å². The summed E-state index contributed by atoms with van der Waals surface area (Å²) in [5, 5.41) is 12.0. The molecule has 0 aromatic heterocycles. The van der Waals surface area contributed by atoms with Crippen molar-refractivity contribution in [1.29, 1.82) is 0 Å². The smallest absolute Gasteiger partial charge is 0.337 e. The van der Waals surface area contributed by atoms with E-state index < -0.39 is 11.9 Å². The number of hydrogen-bond acceptors (Lipinski definition) is 5. The third-order valence-corrected chi connectivity index (χ3v) is 3.90. The average Bonchev–Trinajstić information content (AvgIpc) is 2.60. The first-order valence-electron chi connectivity index (χ1n) is 7.05. The predicted molar refractivity (Wildman–Crippen MR) is 95.2 cm³/mol. The highest BCUT2D eigenvalue weighted by Crippen LogP contribution is 2.34.